The van der Waals surface area contributed by atoms with E-state index in [0.717, 1.165) is 19.8 Å². The summed E-state index contributed by atoms with van der Waals surface area (Å²) in [7, 11) is 4.07. The maximum atomic E-state index is 5.63. The minimum Gasteiger partial charge on any atom is -0.379 e. The average Bonchev–Trinajstić information content (AvgIpc) is 2.76. The van der Waals surface area contributed by atoms with E-state index < -0.39 is 0 Å². The van der Waals surface area contributed by atoms with Crippen molar-refractivity contribution in [2.24, 2.45) is 0 Å². The third-order valence-electron chi connectivity index (χ3n) is 5.06. The van der Waals surface area contributed by atoms with Crippen LogP contribution in [0.3, 0.4) is 0 Å². The Hall–Kier alpha value is -0.240. The van der Waals surface area contributed by atoms with Crippen molar-refractivity contribution >= 4 is 0 Å². The molecule has 0 aromatic heterocycles. The first-order chi connectivity index (χ1) is 15.3. The molecule has 0 spiro atoms. The lowest BCUT2D eigenvalue weighted by Gasteiger charge is -2.10. The number of rotatable bonds is 27. The molecule has 6 heteroatoms. The number of hydrogen-bond acceptors (Lipinski definition) is 6. The van der Waals surface area contributed by atoms with Crippen LogP contribution in [0.1, 0.15) is 77.6 Å². The molecule has 0 saturated carbocycles. The second-order valence-corrected chi connectivity index (χ2v) is 8.40. The predicted octanol–water partition coefficient (Wildman–Crippen LogP) is 4.94. The normalized spacial score (nSPS) is 11.6. The molecule has 0 bridgehead atoms. The van der Waals surface area contributed by atoms with E-state index >= 15 is 0 Å². The lowest BCUT2D eigenvalue weighted by atomic mass is 10.1. The Morgan fingerprint density at radius 2 is 0.710 bits per heavy atom. The first-order valence-corrected chi connectivity index (χ1v) is 12.8. The fourth-order valence-electron chi connectivity index (χ4n) is 3.10. The molecule has 0 radical (unpaired) electrons. The van der Waals surface area contributed by atoms with Crippen molar-refractivity contribution in [2.75, 3.05) is 86.7 Å². The van der Waals surface area contributed by atoms with Gasteiger partial charge < -0.3 is 28.6 Å². The summed E-state index contributed by atoms with van der Waals surface area (Å²) in [5, 5.41) is 0. The van der Waals surface area contributed by atoms with Crippen LogP contribution in [-0.2, 0) is 23.7 Å². The van der Waals surface area contributed by atoms with E-state index in [9.17, 15) is 0 Å². The van der Waals surface area contributed by atoms with Crippen LogP contribution in [-0.4, -0.2) is 91.6 Å². The SMILES string of the molecule is CCCCCCCCCCCCCOCCOCCOCCOCCOCCN(C)C. The van der Waals surface area contributed by atoms with E-state index in [0.29, 0.717) is 52.9 Å². The fourth-order valence-corrected chi connectivity index (χ4v) is 3.10. The van der Waals surface area contributed by atoms with Crippen molar-refractivity contribution in [2.45, 2.75) is 77.6 Å². The highest BCUT2D eigenvalue weighted by atomic mass is 16.6. The Bertz CT molecular complexity index is 318. The van der Waals surface area contributed by atoms with Crippen LogP contribution in [0, 0.1) is 0 Å². The molecule has 0 rings (SSSR count). The van der Waals surface area contributed by atoms with Gasteiger partial charge in [0.15, 0.2) is 0 Å². The van der Waals surface area contributed by atoms with E-state index in [1.165, 1.54) is 70.6 Å². The second-order valence-electron chi connectivity index (χ2n) is 8.40. The van der Waals surface area contributed by atoms with Gasteiger partial charge in [-0.3, -0.25) is 0 Å². The van der Waals surface area contributed by atoms with Crippen LogP contribution in [0.5, 0.6) is 0 Å². The van der Waals surface area contributed by atoms with E-state index in [-0.39, 0.29) is 0 Å². The van der Waals surface area contributed by atoms with Gasteiger partial charge in [-0.15, -0.1) is 0 Å². The first kappa shape index (κ1) is 30.8. The molecule has 0 aliphatic heterocycles. The molecule has 0 unspecified atom stereocenters. The predicted molar refractivity (Wildman–Crippen MR) is 129 cm³/mol. The summed E-state index contributed by atoms with van der Waals surface area (Å²) in [6.07, 6.45) is 15.0. The number of nitrogens with zero attached hydrogens (tertiary/aromatic N) is 1. The molecule has 0 heterocycles. The summed E-state index contributed by atoms with van der Waals surface area (Å²) in [6.45, 7) is 9.77. The highest BCUT2D eigenvalue weighted by molar-refractivity contribution is 4.48. The van der Waals surface area contributed by atoms with Crippen molar-refractivity contribution in [3.63, 3.8) is 0 Å². The molecule has 0 N–H and O–H groups in total. The lowest BCUT2D eigenvalue weighted by molar-refractivity contribution is -0.0118. The quantitative estimate of drug-likeness (QED) is 0.166. The zero-order valence-corrected chi connectivity index (χ0v) is 21.0. The van der Waals surface area contributed by atoms with Crippen LogP contribution in [0.4, 0.5) is 0 Å². The van der Waals surface area contributed by atoms with Crippen molar-refractivity contribution < 1.29 is 23.7 Å². The molecule has 188 valence electrons. The monoisotopic (exact) mass is 447 g/mol. The fraction of sp³-hybridized carbons (Fsp3) is 1.00. The van der Waals surface area contributed by atoms with Crippen LogP contribution < -0.4 is 0 Å². The molecule has 31 heavy (non-hydrogen) atoms. The van der Waals surface area contributed by atoms with Crippen LogP contribution in [0.25, 0.3) is 0 Å². The number of ether oxygens (including phenoxy) is 5. The van der Waals surface area contributed by atoms with Crippen LogP contribution in [0.2, 0.25) is 0 Å². The third-order valence-corrected chi connectivity index (χ3v) is 5.06. The first-order valence-electron chi connectivity index (χ1n) is 12.8. The minimum absolute atomic E-state index is 0.594. The zero-order chi connectivity index (χ0) is 22.7. The summed E-state index contributed by atoms with van der Waals surface area (Å²) in [5.41, 5.74) is 0. The summed E-state index contributed by atoms with van der Waals surface area (Å²) in [5.74, 6) is 0. The molecule has 0 saturated heterocycles. The van der Waals surface area contributed by atoms with Crippen LogP contribution >= 0.6 is 0 Å². The van der Waals surface area contributed by atoms with Gasteiger partial charge in [0.05, 0.1) is 59.5 Å². The average molecular weight is 448 g/mol. The Labute approximate surface area is 193 Å². The van der Waals surface area contributed by atoms with E-state index in [2.05, 4.69) is 11.8 Å². The standard InChI is InChI=1S/C25H53NO5/c1-4-5-6-7-8-9-10-11-12-13-14-16-27-18-20-29-22-24-31-25-23-30-21-19-28-17-15-26(2)3/h4-25H2,1-3H3. The van der Waals surface area contributed by atoms with Gasteiger partial charge in [-0.1, -0.05) is 71.1 Å². The maximum Gasteiger partial charge on any atom is 0.0701 e. The van der Waals surface area contributed by atoms with E-state index in [1.54, 1.807) is 0 Å². The van der Waals surface area contributed by atoms with Crippen LogP contribution in [0.15, 0.2) is 0 Å². The largest absolute Gasteiger partial charge is 0.379 e. The number of unbranched alkanes of at least 4 members (excludes halogenated alkanes) is 10. The highest BCUT2D eigenvalue weighted by Gasteiger charge is 1.96. The van der Waals surface area contributed by atoms with E-state index in [4.69, 9.17) is 23.7 Å². The summed E-state index contributed by atoms with van der Waals surface area (Å²) < 4.78 is 27.5. The van der Waals surface area contributed by atoms with Gasteiger partial charge in [0.25, 0.3) is 0 Å². The molecule has 6 nitrogen and oxygen atoms in total. The Balaban J connectivity index is 2.99. The third kappa shape index (κ3) is 29.8. The Morgan fingerprint density at radius 1 is 0.387 bits per heavy atom. The molecular weight excluding hydrogens is 394 g/mol. The van der Waals surface area contributed by atoms with Crippen molar-refractivity contribution in [3.8, 4) is 0 Å². The Morgan fingerprint density at radius 3 is 1.10 bits per heavy atom. The number of hydrogen-bond donors (Lipinski definition) is 0. The molecule has 0 atom stereocenters. The molecule has 0 fully saturated rings. The molecule has 0 amide bonds. The number of likely N-dealkylation sites (N-methyl/N-ethyl adjacent to an activating group) is 1. The van der Waals surface area contributed by atoms with Crippen molar-refractivity contribution in [1.29, 1.82) is 0 Å². The van der Waals surface area contributed by atoms with Gasteiger partial charge in [-0.2, -0.15) is 0 Å². The van der Waals surface area contributed by atoms with Crippen molar-refractivity contribution in [1.82, 2.24) is 4.90 Å². The maximum absolute atomic E-state index is 5.63. The summed E-state index contributed by atoms with van der Waals surface area (Å²) in [6, 6.07) is 0. The molecule has 0 aromatic carbocycles. The van der Waals surface area contributed by atoms with Gasteiger partial charge in [0, 0.05) is 13.2 Å². The lowest BCUT2D eigenvalue weighted by Crippen LogP contribution is -2.19. The topological polar surface area (TPSA) is 49.4 Å². The zero-order valence-electron chi connectivity index (χ0n) is 21.0. The van der Waals surface area contributed by atoms with Gasteiger partial charge >= 0.3 is 0 Å². The van der Waals surface area contributed by atoms with Gasteiger partial charge in [-0.25, -0.2) is 0 Å². The van der Waals surface area contributed by atoms with Gasteiger partial charge in [-0.05, 0) is 20.5 Å². The van der Waals surface area contributed by atoms with Gasteiger partial charge in [0.2, 0.25) is 0 Å². The molecule has 0 aliphatic rings. The van der Waals surface area contributed by atoms with Crippen molar-refractivity contribution in [3.05, 3.63) is 0 Å². The summed E-state index contributed by atoms with van der Waals surface area (Å²) in [4.78, 5) is 2.10. The Kier molecular flexibility index (Phi) is 27.6. The minimum atomic E-state index is 0.594. The molecular formula is C25H53NO5. The smallest absolute Gasteiger partial charge is 0.0701 e. The van der Waals surface area contributed by atoms with Gasteiger partial charge in [0.1, 0.15) is 0 Å². The molecule has 0 aliphatic carbocycles. The summed E-state index contributed by atoms with van der Waals surface area (Å²) >= 11 is 0. The highest BCUT2D eigenvalue weighted by Crippen LogP contribution is 2.11. The second kappa shape index (κ2) is 27.8. The molecule has 0 aromatic rings. The van der Waals surface area contributed by atoms with E-state index in [1.807, 2.05) is 14.1 Å².